The van der Waals surface area contributed by atoms with Crippen molar-refractivity contribution < 1.29 is 28.3 Å². The third-order valence-electron chi connectivity index (χ3n) is 8.09. The molecule has 12 heteroatoms. The van der Waals surface area contributed by atoms with Crippen LogP contribution in [0, 0.1) is 5.82 Å². The number of nitrogens with zero attached hydrogens (tertiary/aromatic N) is 4. The smallest absolute Gasteiger partial charge is 0.264 e. The molecule has 0 bridgehead atoms. The maximum atomic E-state index is 15.4. The highest BCUT2D eigenvalue weighted by atomic mass is 35.5. The topological polar surface area (TPSA) is 102 Å². The number of morpholine rings is 1. The van der Waals surface area contributed by atoms with Gasteiger partial charge >= 0.3 is 0 Å². The Kier molecular flexibility index (Phi) is 7.92. The third-order valence-corrected chi connectivity index (χ3v) is 8.09. The Hall–Kier alpha value is -3.38. The van der Waals surface area contributed by atoms with Crippen molar-refractivity contribution in [1.82, 2.24) is 20.0 Å². The Morgan fingerprint density at radius 1 is 1.02 bits per heavy atom. The van der Waals surface area contributed by atoms with Crippen molar-refractivity contribution in [3.05, 3.63) is 58.9 Å². The lowest BCUT2D eigenvalue weighted by Gasteiger charge is -2.46. The normalized spacial score (nSPS) is 22.1. The van der Waals surface area contributed by atoms with Gasteiger partial charge in [-0.25, -0.2) is 4.39 Å². The van der Waals surface area contributed by atoms with Crippen LogP contribution in [0.1, 0.15) is 39.1 Å². The van der Waals surface area contributed by atoms with E-state index in [4.69, 9.17) is 4.74 Å². The number of imide groups is 2. The minimum atomic E-state index is -1.06. The number of hydrogen-bond donors (Lipinski definition) is 1. The summed E-state index contributed by atoms with van der Waals surface area (Å²) in [6.07, 6.45) is 0.112. The molecule has 0 aromatic heterocycles. The standard InChI is InChI=1S/C28H30FN5O5.ClH/c1-31(21-6-5-17(13-20(21)29)14-32-15-18(16-32)33-9-11-39-12-10-33)22-4-2-3-19-25(22)28(38)34(27(19)37)23-7-8-24(35)30-26(23)36;/h2-6,13,18,23H,7-12,14-16H2,1H3,(H,30,35,36);1H/t23-;/m0./s1. The molecule has 212 valence electrons. The number of hydrogen-bond acceptors (Lipinski definition) is 8. The molecule has 1 atom stereocenters. The minimum absolute atomic E-state index is 0. The van der Waals surface area contributed by atoms with E-state index in [9.17, 15) is 19.2 Å². The van der Waals surface area contributed by atoms with E-state index in [0.29, 0.717) is 18.3 Å². The first kappa shape index (κ1) is 28.2. The van der Waals surface area contributed by atoms with Gasteiger partial charge in [-0.1, -0.05) is 12.1 Å². The van der Waals surface area contributed by atoms with Crippen LogP contribution >= 0.6 is 12.4 Å². The fraction of sp³-hybridized carbons (Fsp3) is 0.429. The van der Waals surface area contributed by atoms with Crippen LogP contribution in [-0.4, -0.2) is 96.9 Å². The molecule has 6 rings (SSSR count). The molecular weight excluding hydrogens is 541 g/mol. The second-order valence-electron chi connectivity index (χ2n) is 10.5. The fourth-order valence-electron chi connectivity index (χ4n) is 5.93. The van der Waals surface area contributed by atoms with Gasteiger partial charge < -0.3 is 9.64 Å². The predicted octanol–water partition coefficient (Wildman–Crippen LogP) is 1.93. The molecule has 4 aliphatic rings. The summed E-state index contributed by atoms with van der Waals surface area (Å²) in [4.78, 5) is 57.8. The Bertz CT molecular complexity index is 1360. The van der Waals surface area contributed by atoms with Gasteiger partial charge in [0.2, 0.25) is 11.8 Å². The zero-order valence-electron chi connectivity index (χ0n) is 22.1. The summed E-state index contributed by atoms with van der Waals surface area (Å²) in [6.45, 7) is 5.99. The van der Waals surface area contributed by atoms with Crippen LogP contribution < -0.4 is 10.2 Å². The highest BCUT2D eigenvalue weighted by Gasteiger charge is 2.46. The van der Waals surface area contributed by atoms with Gasteiger partial charge in [0.15, 0.2) is 0 Å². The molecule has 4 amide bonds. The maximum Gasteiger partial charge on any atom is 0.264 e. The first-order valence-corrected chi connectivity index (χ1v) is 13.2. The second kappa shape index (κ2) is 11.2. The number of benzene rings is 2. The molecule has 0 unspecified atom stereocenters. The van der Waals surface area contributed by atoms with E-state index < -0.39 is 35.5 Å². The van der Waals surface area contributed by atoms with Gasteiger partial charge in [0.25, 0.3) is 11.8 Å². The highest BCUT2D eigenvalue weighted by Crippen LogP contribution is 2.37. The first-order valence-electron chi connectivity index (χ1n) is 13.2. The molecule has 40 heavy (non-hydrogen) atoms. The number of amides is 4. The molecule has 4 heterocycles. The number of anilines is 2. The monoisotopic (exact) mass is 571 g/mol. The number of ether oxygens (including phenoxy) is 1. The van der Waals surface area contributed by atoms with Crippen molar-refractivity contribution in [1.29, 1.82) is 0 Å². The second-order valence-corrected chi connectivity index (χ2v) is 10.5. The maximum absolute atomic E-state index is 15.4. The van der Waals surface area contributed by atoms with E-state index >= 15 is 4.39 Å². The molecule has 3 fully saturated rings. The molecule has 0 radical (unpaired) electrons. The van der Waals surface area contributed by atoms with Crippen molar-refractivity contribution in [3.63, 3.8) is 0 Å². The fourth-order valence-corrected chi connectivity index (χ4v) is 5.93. The molecule has 0 aliphatic carbocycles. The Morgan fingerprint density at radius 2 is 1.77 bits per heavy atom. The van der Waals surface area contributed by atoms with Gasteiger partial charge in [0, 0.05) is 52.2 Å². The Morgan fingerprint density at radius 3 is 2.48 bits per heavy atom. The van der Waals surface area contributed by atoms with Gasteiger partial charge in [-0.3, -0.25) is 39.2 Å². The van der Waals surface area contributed by atoms with Crippen LogP contribution in [0.2, 0.25) is 0 Å². The summed E-state index contributed by atoms with van der Waals surface area (Å²) < 4.78 is 20.8. The summed E-state index contributed by atoms with van der Waals surface area (Å²) in [6, 6.07) is 9.33. The van der Waals surface area contributed by atoms with Crippen molar-refractivity contribution >= 4 is 47.4 Å². The molecule has 3 saturated heterocycles. The molecule has 4 aliphatic heterocycles. The number of likely N-dealkylation sites (tertiary alicyclic amines) is 1. The zero-order valence-corrected chi connectivity index (χ0v) is 22.9. The number of piperidine rings is 1. The Labute approximate surface area is 237 Å². The van der Waals surface area contributed by atoms with E-state index in [1.165, 1.54) is 12.1 Å². The molecule has 0 spiro atoms. The summed E-state index contributed by atoms with van der Waals surface area (Å²) in [5, 5.41) is 2.20. The lowest BCUT2D eigenvalue weighted by molar-refractivity contribution is -0.136. The average molecular weight is 572 g/mol. The predicted molar refractivity (Wildman–Crippen MR) is 146 cm³/mol. The lowest BCUT2D eigenvalue weighted by atomic mass is 10.0. The summed E-state index contributed by atoms with van der Waals surface area (Å²) in [5.74, 6) is -2.76. The van der Waals surface area contributed by atoms with Crippen molar-refractivity contribution in [3.8, 4) is 0 Å². The van der Waals surface area contributed by atoms with Crippen molar-refractivity contribution in [2.75, 3.05) is 51.3 Å². The first-order chi connectivity index (χ1) is 18.8. The van der Waals surface area contributed by atoms with E-state index in [1.54, 1.807) is 30.1 Å². The van der Waals surface area contributed by atoms with Crippen LogP contribution in [0.15, 0.2) is 36.4 Å². The summed E-state index contributed by atoms with van der Waals surface area (Å²) in [5.41, 5.74) is 1.76. The third kappa shape index (κ3) is 4.98. The van der Waals surface area contributed by atoms with Gasteiger partial charge in [-0.05, 0) is 36.2 Å². The van der Waals surface area contributed by atoms with Gasteiger partial charge in [0.05, 0.1) is 35.7 Å². The van der Waals surface area contributed by atoms with Crippen LogP contribution in [0.3, 0.4) is 0 Å². The molecular formula is C28H31ClFN5O5. The Balaban J connectivity index is 0.00000323. The summed E-state index contributed by atoms with van der Waals surface area (Å²) >= 11 is 0. The molecule has 0 saturated carbocycles. The lowest BCUT2D eigenvalue weighted by Crippen LogP contribution is -2.60. The summed E-state index contributed by atoms with van der Waals surface area (Å²) in [7, 11) is 1.64. The number of rotatable bonds is 6. The molecule has 10 nitrogen and oxygen atoms in total. The van der Waals surface area contributed by atoms with E-state index in [1.807, 2.05) is 6.07 Å². The zero-order chi connectivity index (χ0) is 27.3. The number of halogens is 2. The number of carbonyl (C=O) groups is 4. The highest BCUT2D eigenvalue weighted by molar-refractivity contribution is 6.25. The average Bonchev–Trinajstić information content (AvgIpc) is 3.16. The largest absolute Gasteiger partial charge is 0.379 e. The number of nitrogens with one attached hydrogen (secondary N) is 1. The molecule has 2 aromatic rings. The van der Waals surface area contributed by atoms with Crippen LogP contribution in [0.4, 0.5) is 15.8 Å². The molecule has 1 N–H and O–H groups in total. The van der Waals surface area contributed by atoms with Gasteiger partial charge in [0.1, 0.15) is 11.9 Å². The SMILES string of the molecule is CN(c1ccc(CN2CC(N3CCOCC3)C2)cc1F)c1cccc2c1C(=O)N([C@H]1CCC(=O)NC1=O)C2=O.Cl. The van der Waals surface area contributed by atoms with Crippen molar-refractivity contribution in [2.45, 2.75) is 31.5 Å². The van der Waals surface area contributed by atoms with Gasteiger partial charge in [-0.2, -0.15) is 0 Å². The van der Waals surface area contributed by atoms with E-state index in [-0.39, 0.29) is 42.1 Å². The van der Waals surface area contributed by atoms with Crippen LogP contribution in [0.25, 0.3) is 0 Å². The van der Waals surface area contributed by atoms with Crippen LogP contribution in [-0.2, 0) is 20.9 Å². The van der Waals surface area contributed by atoms with Crippen molar-refractivity contribution in [2.24, 2.45) is 0 Å². The van der Waals surface area contributed by atoms with Crippen LogP contribution in [0.5, 0.6) is 0 Å². The quantitative estimate of drug-likeness (QED) is 0.525. The minimum Gasteiger partial charge on any atom is -0.379 e. The number of fused-ring (bicyclic) bond motifs is 1. The van der Waals surface area contributed by atoms with Gasteiger partial charge in [-0.15, -0.1) is 12.4 Å². The number of carbonyl (C=O) groups excluding carboxylic acids is 4. The van der Waals surface area contributed by atoms with E-state index in [2.05, 4.69) is 15.1 Å². The van der Waals surface area contributed by atoms with E-state index in [0.717, 1.165) is 49.9 Å². The molecule has 2 aromatic carbocycles.